The molecular formula is C13H18N2O5. The standard InChI is InChI=1S/C13H18N2O5/c1-8(17)11(7-16)15-13(20)14-6-9-2-4-10(5-3-9)12(18)19/h2-5,8,11,16-17H,6-7H2,1H3,(H,18,19)(H2,14,15,20)/t8-,11-/m1/s1. The highest BCUT2D eigenvalue weighted by atomic mass is 16.4. The van der Waals surface area contributed by atoms with E-state index < -0.39 is 24.1 Å². The van der Waals surface area contributed by atoms with Gasteiger partial charge in [-0.1, -0.05) is 12.1 Å². The lowest BCUT2D eigenvalue weighted by atomic mass is 10.1. The molecule has 0 aliphatic carbocycles. The van der Waals surface area contributed by atoms with Crippen LogP contribution >= 0.6 is 0 Å². The molecule has 0 saturated heterocycles. The number of carbonyl (C=O) groups excluding carboxylic acids is 1. The van der Waals surface area contributed by atoms with E-state index in [1.165, 1.54) is 19.1 Å². The number of aliphatic hydroxyl groups excluding tert-OH is 2. The Morgan fingerprint density at radius 2 is 1.85 bits per heavy atom. The second-order valence-electron chi connectivity index (χ2n) is 4.36. The zero-order valence-electron chi connectivity index (χ0n) is 11.0. The minimum absolute atomic E-state index is 0.174. The molecule has 0 heterocycles. The number of aromatic carboxylic acids is 1. The Balaban J connectivity index is 2.46. The van der Waals surface area contributed by atoms with E-state index in [1.807, 2.05) is 0 Å². The average molecular weight is 282 g/mol. The van der Waals surface area contributed by atoms with Gasteiger partial charge in [-0.2, -0.15) is 0 Å². The zero-order chi connectivity index (χ0) is 15.1. The molecule has 0 fully saturated rings. The molecule has 2 amide bonds. The SMILES string of the molecule is C[C@@H](O)[C@@H](CO)NC(=O)NCc1ccc(C(=O)O)cc1. The molecule has 20 heavy (non-hydrogen) atoms. The van der Waals surface area contributed by atoms with Crippen molar-refractivity contribution in [3.05, 3.63) is 35.4 Å². The molecule has 7 nitrogen and oxygen atoms in total. The summed E-state index contributed by atoms with van der Waals surface area (Å²) >= 11 is 0. The van der Waals surface area contributed by atoms with Gasteiger partial charge in [-0.15, -0.1) is 0 Å². The third-order valence-corrected chi connectivity index (χ3v) is 2.75. The van der Waals surface area contributed by atoms with Gasteiger partial charge < -0.3 is 26.0 Å². The van der Waals surface area contributed by atoms with Crippen LogP contribution in [0.15, 0.2) is 24.3 Å². The maximum absolute atomic E-state index is 11.5. The second-order valence-corrected chi connectivity index (χ2v) is 4.36. The van der Waals surface area contributed by atoms with Crippen LogP contribution in [0.1, 0.15) is 22.8 Å². The summed E-state index contributed by atoms with van der Waals surface area (Å²) in [6, 6.07) is 4.84. The van der Waals surface area contributed by atoms with Gasteiger partial charge in [-0.25, -0.2) is 9.59 Å². The van der Waals surface area contributed by atoms with Gasteiger partial charge in [0.15, 0.2) is 0 Å². The van der Waals surface area contributed by atoms with Crippen LogP contribution in [0.4, 0.5) is 4.79 Å². The summed E-state index contributed by atoms with van der Waals surface area (Å²) in [5.74, 6) is -1.01. The molecule has 0 radical (unpaired) electrons. The van der Waals surface area contributed by atoms with Crippen molar-refractivity contribution >= 4 is 12.0 Å². The molecule has 0 saturated carbocycles. The highest BCUT2D eigenvalue weighted by molar-refractivity contribution is 5.87. The monoisotopic (exact) mass is 282 g/mol. The van der Waals surface area contributed by atoms with E-state index in [0.717, 1.165) is 5.56 Å². The number of benzene rings is 1. The normalized spacial score (nSPS) is 13.3. The van der Waals surface area contributed by atoms with E-state index in [4.69, 9.17) is 10.2 Å². The summed E-state index contributed by atoms with van der Waals surface area (Å²) in [7, 11) is 0. The fourth-order valence-corrected chi connectivity index (χ4v) is 1.49. The second kappa shape index (κ2) is 7.46. The molecular weight excluding hydrogens is 264 g/mol. The van der Waals surface area contributed by atoms with Crippen molar-refractivity contribution in [2.45, 2.75) is 25.6 Å². The molecule has 1 aromatic carbocycles. The molecule has 2 atom stereocenters. The fraction of sp³-hybridized carbons (Fsp3) is 0.385. The van der Waals surface area contributed by atoms with E-state index in [2.05, 4.69) is 10.6 Å². The molecule has 1 rings (SSSR count). The molecule has 7 heteroatoms. The van der Waals surface area contributed by atoms with Crippen LogP contribution in [0.25, 0.3) is 0 Å². The first kappa shape index (κ1) is 15.9. The third kappa shape index (κ3) is 4.87. The van der Waals surface area contributed by atoms with Crippen LogP contribution in [0.2, 0.25) is 0 Å². The third-order valence-electron chi connectivity index (χ3n) is 2.75. The van der Waals surface area contributed by atoms with E-state index >= 15 is 0 Å². The summed E-state index contributed by atoms with van der Waals surface area (Å²) in [4.78, 5) is 22.2. The predicted octanol–water partition coefficient (Wildman–Crippen LogP) is -0.0743. The molecule has 5 N–H and O–H groups in total. The summed E-state index contributed by atoms with van der Waals surface area (Å²) in [6.45, 7) is 1.31. The lowest BCUT2D eigenvalue weighted by Crippen LogP contribution is -2.48. The molecule has 0 aromatic heterocycles. The summed E-state index contributed by atoms with van der Waals surface area (Å²) in [5, 5.41) is 31.9. The first-order valence-electron chi connectivity index (χ1n) is 6.09. The molecule has 1 aromatic rings. The predicted molar refractivity (Wildman–Crippen MR) is 71.3 cm³/mol. The van der Waals surface area contributed by atoms with Crippen LogP contribution in [0.5, 0.6) is 0 Å². The molecule has 0 bridgehead atoms. The van der Waals surface area contributed by atoms with Gasteiger partial charge in [0.2, 0.25) is 0 Å². The maximum Gasteiger partial charge on any atom is 0.335 e. The minimum Gasteiger partial charge on any atom is -0.478 e. The Morgan fingerprint density at radius 3 is 2.30 bits per heavy atom. The number of urea groups is 1. The molecule has 0 spiro atoms. The molecule has 0 aliphatic heterocycles. The number of hydrogen-bond acceptors (Lipinski definition) is 4. The Labute approximate surface area is 116 Å². The van der Waals surface area contributed by atoms with Gasteiger partial charge in [-0.05, 0) is 24.6 Å². The first-order chi connectivity index (χ1) is 9.43. The number of carboxylic acid groups (broad SMARTS) is 1. The van der Waals surface area contributed by atoms with Gasteiger partial charge >= 0.3 is 12.0 Å². The summed E-state index contributed by atoms with van der Waals surface area (Å²) < 4.78 is 0. The molecule has 0 aliphatic rings. The smallest absolute Gasteiger partial charge is 0.335 e. The number of aliphatic hydroxyl groups is 2. The van der Waals surface area contributed by atoms with Gasteiger partial charge in [0.1, 0.15) is 0 Å². The lowest BCUT2D eigenvalue weighted by Gasteiger charge is -2.19. The van der Waals surface area contributed by atoms with Crippen molar-refractivity contribution in [3.63, 3.8) is 0 Å². The van der Waals surface area contributed by atoms with Crippen LogP contribution < -0.4 is 10.6 Å². The van der Waals surface area contributed by atoms with Crippen molar-refractivity contribution < 1.29 is 24.9 Å². The van der Waals surface area contributed by atoms with Crippen molar-refractivity contribution in [3.8, 4) is 0 Å². The zero-order valence-corrected chi connectivity index (χ0v) is 11.0. The summed E-state index contributed by atoms with van der Waals surface area (Å²) in [6.07, 6.45) is -0.861. The van der Waals surface area contributed by atoms with Crippen molar-refractivity contribution in [1.29, 1.82) is 0 Å². The number of hydrogen-bond donors (Lipinski definition) is 5. The quantitative estimate of drug-likeness (QED) is 0.500. The van der Waals surface area contributed by atoms with Gasteiger partial charge in [-0.3, -0.25) is 0 Å². The lowest BCUT2D eigenvalue weighted by molar-refractivity contribution is 0.0696. The Kier molecular flexibility index (Phi) is 5.95. The van der Waals surface area contributed by atoms with Gasteiger partial charge in [0.05, 0.1) is 24.3 Å². The first-order valence-corrected chi connectivity index (χ1v) is 6.09. The van der Waals surface area contributed by atoms with Crippen molar-refractivity contribution in [2.24, 2.45) is 0 Å². The van der Waals surface area contributed by atoms with Gasteiger partial charge in [0.25, 0.3) is 0 Å². The maximum atomic E-state index is 11.5. The van der Waals surface area contributed by atoms with Crippen molar-refractivity contribution in [1.82, 2.24) is 10.6 Å². The highest BCUT2D eigenvalue weighted by Gasteiger charge is 2.15. The topological polar surface area (TPSA) is 119 Å². The number of nitrogens with one attached hydrogen (secondary N) is 2. The Bertz CT molecular complexity index is 458. The minimum atomic E-state index is -1.01. The van der Waals surface area contributed by atoms with E-state index in [0.29, 0.717) is 0 Å². The number of rotatable bonds is 6. The summed E-state index contributed by atoms with van der Waals surface area (Å²) in [5.41, 5.74) is 0.912. The average Bonchev–Trinajstić information content (AvgIpc) is 2.42. The van der Waals surface area contributed by atoms with Crippen LogP contribution in [-0.4, -0.2) is 46.1 Å². The highest BCUT2D eigenvalue weighted by Crippen LogP contribution is 2.04. The van der Waals surface area contributed by atoms with Crippen molar-refractivity contribution in [2.75, 3.05) is 6.61 Å². The molecule has 110 valence electrons. The Morgan fingerprint density at radius 1 is 1.25 bits per heavy atom. The van der Waals surface area contributed by atoms with Crippen LogP contribution in [0.3, 0.4) is 0 Å². The number of amides is 2. The fourth-order valence-electron chi connectivity index (χ4n) is 1.49. The van der Waals surface area contributed by atoms with Crippen LogP contribution in [0, 0.1) is 0 Å². The number of carboxylic acids is 1. The van der Waals surface area contributed by atoms with E-state index in [1.54, 1.807) is 12.1 Å². The molecule has 0 unspecified atom stereocenters. The van der Waals surface area contributed by atoms with Crippen LogP contribution in [-0.2, 0) is 6.54 Å². The number of carbonyl (C=O) groups is 2. The van der Waals surface area contributed by atoms with E-state index in [-0.39, 0.29) is 18.7 Å². The van der Waals surface area contributed by atoms with E-state index in [9.17, 15) is 14.7 Å². The largest absolute Gasteiger partial charge is 0.478 e. The Hall–Kier alpha value is -2.12. The van der Waals surface area contributed by atoms with Gasteiger partial charge in [0, 0.05) is 6.54 Å².